The predicted molar refractivity (Wildman–Crippen MR) is 132 cm³/mol. The van der Waals surface area contributed by atoms with Gasteiger partial charge >= 0.3 is 0 Å². The van der Waals surface area contributed by atoms with Gasteiger partial charge in [0.1, 0.15) is 0 Å². The number of hydrogen-bond acceptors (Lipinski definition) is 8. The summed E-state index contributed by atoms with van der Waals surface area (Å²) in [6.45, 7) is 3.28. The molecule has 1 aromatic carbocycles. The Balaban J connectivity index is 1.35. The van der Waals surface area contributed by atoms with E-state index in [1.165, 1.54) is 17.3 Å². The third-order valence-electron chi connectivity index (χ3n) is 6.02. The Hall–Kier alpha value is -3.53. The van der Waals surface area contributed by atoms with Crippen LogP contribution in [0.4, 0.5) is 0 Å². The average molecular weight is 490 g/mol. The van der Waals surface area contributed by atoms with E-state index in [0.717, 1.165) is 43.5 Å². The summed E-state index contributed by atoms with van der Waals surface area (Å²) in [6, 6.07) is 12.0. The minimum absolute atomic E-state index is 0.169. The van der Waals surface area contributed by atoms with Crippen LogP contribution in [-0.2, 0) is 23.5 Å². The number of likely N-dealkylation sites (tertiary alicyclic amines) is 1. The Morgan fingerprint density at radius 3 is 2.77 bits per heavy atom. The molecular weight excluding hydrogens is 462 g/mol. The first kappa shape index (κ1) is 23.2. The lowest BCUT2D eigenvalue weighted by atomic mass is 10.1. The topological polar surface area (TPSA) is 103 Å². The van der Waals surface area contributed by atoms with Gasteiger partial charge in [-0.25, -0.2) is 0 Å². The van der Waals surface area contributed by atoms with Crippen molar-refractivity contribution in [3.63, 3.8) is 0 Å². The highest BCUT2D eigenvalue weighted by molar-refractivity contribution is 7.98. The molecule has 180 valence electrons. The van der Waals surface area contributed by atoms with E-state index in [4.69, 9.17) is 4.52 Å². The van der Waals surface area contributed by atoms with Crippen molar-refractivity contribution in [1.29, 1.82) is 0 Å². The van der Waals surface area contributed by atoms with Crippen LogP contribution in [0.15, 0.2) is 58.5 Å². The van der Waals surface area contributed by atoms with Crippen molar-refractivity contribution in [2.24, 2.45) is 0 Å². The highest BCUT2D eigenvalue weighted by atomic mass is 32.2. The second-order valence-electron chi connectivity index (χ2n) is 8.42. The molecule has 0 aliphatic carbocycles. The lowest BCUT2D eigenvalue weighted by Gasteiger charge is -2.20. The molecule has 0 saturated carbocycles. The number of hydrogen-bond donors (Lipinski definition) is 0. The average Bonchev–Trinajstić information content (AvgIpc) is 3.48. The van der Waals surface area contributed by atoms with Crippen molar-refractivity contribution < 1.29 is 9.32 Å². The Kier molecular flexibility index (Phi) is 7.17. The first-order valence-electron chi connectivity index (χ1n) is 11.9. The molecule has 4 aromatic rings. The Labute approximate surface area is 208 Å². The molecule has 1 fully saturated rings. The molecule has 0 atom stereocenters. The van der Waals surface area contributed by atoms with E-state index >= 15 is 0 Å². The van der Waals surface area contributed by atoms with Gasteiger partial charge in [-0.05, 0) is 37.0 Å². The maximum absolute atomic E-state index is 12.6. The Morgan fingerprint density at radius 1 is 1.09 bits per heavy atom. The normalized spacial score (nSPS) is 14.3. The van der Waals surface area contributed by atoms with Gasteiger partial charge in [0.15, 0.2) is 11.0 Å². The molecule has 9 nitrogen and oxygen atoms in total. The molecule has 10 heteroatoms. The van der Waals surface area contributed by atoms with Crippen LogP contribution >= 0.6 is 11.8 Å². The summed E-state index contributed by atoms with van der Waals surface area (Å²) < 4.78 is 7.45. The molecule has 1 aliphatic heterocycles. The third kappa shape index (κ3) is 5.43. The van der Waals surface area contributed by atoms with Crippen molar-refractivity contribution in [2.45, 2.75) is 56.5 Å². The fourth-order valence-corrected chi connectivity index (χ4v) is 4.87. The number of rotatable bonds is 8. The maximum atomic E-state index is 12.6. The summed E-state index contributed by atoms with van der Waals surface area (Å²) in [6.07, 6.45) is 8.10. The molecule has 0 N–H and O–H groups in total. The SMILES string of the molecule is CCc1ccc(-c2noc(CSc3nnc(CN4CCCCCC4=O)n3-c3cccnc3)n2)cc1. The largest absolute Gasteiger partial charge is 0.338 e. The van der Waals surface area contributed by atoms with Crippen LogP contribution in [0.3, 0.4) is 0 Å². The maximum Gasteiger partial charge on any atom is 0.237 e. The number of aromatic nitrogens is 6. The van der Waals surface area contributed by atoms with Gasteiger partial charge in [-0.1, -0.05) is 54.5 Å². The number of carbonyl (C=O) groups is 1. The lowest BCUT2D eigenvalue weighted by molar-refractivity contribution is -0.131. The zero-order valence-electron chi connectivity index (χ0n) is 19.6. The summed E-state index contributed by atoms with van der Waals surface area (Å²) in [5, 5.41) is 13.7. The first-order valence-corrected chi connectivity index (χ1v) is 12.9. The Morgan fingerprint density at radius 2 is 1.97 bits per heavy atom. The molecule has 35 heavy (non-hydrogen) atoms. The van der Waals surface area contributed by atoms with Gasteiger partial charge in [0.05, 0.1) is 24.2 Å². The van der Waals surface area contributed by atoms with E-state index in [9.17, 15) is 4.79 Å². The van der Waals surface area contributed by atoms with Crippen molar-refractivity contribution in [1.82, 2.24) is 34.8 Å². The van der Waals surface area contributed by atoms with E-state index < -0.39 is 0 Å². The van der Waals surface area contributed by atoms with Gasteiger partial charge in [-0.3, -0.25) is 14.3 Å². The van der Waals surface area contributed by atoms with Crippen LogP contribution in [0.5, 0.6) is 0 Å². The van der Waals surface area contributed by atoms with Crippen molar-refractivity contribution in [3.8, 4) is 17.1 Å². The molecule has 0 unspecified atom stereocenters. The first-order chi connectivity index (χ1) is 17.2. The summed E-state index contributed by atoms with van der Waals surface area (Å²) in [7, 11) is 0. The van der Waals surface area contributed by atoms with E-state index in [1.807, 2.05) is 33.7 Å². The number of aryl methyl sites for hydroxylation is 1. The van der Waals surface area contributed by atoms with E-state index in [-0.39, 0.29) is 5.91 Å². The lowest BCUT2D eigenvalue weighted by Crippen LogP contribution is -2.31. The van der Waals surface area contributed by atoms with Crippen LogP contribution in [0.2, 0.25) is 0 Å². The zero-order chi connectivity index (χ0) is 24.0. The Bertz CT molecular complexity index is 1270. The molecule has 0 radical (unpaired) electrons. The second kappa shape index (κ2) is 10.8. The minimum Gasteiger partial charge on any atom is -0.338 e. The number of amides is 1. The van der Waals surface area contributed by atoms with Crippen LogP contribution in [-0.4, -0.2) is 47.2 Å². The molecule has 1 saturated heterocycles. The van der Waals surface area contributed by atoms with E-state index in [1.54, 1.807) is 12.4 Å². The number of carbonyl (C=O) groups excluding carboxylic acids is 1. The number of nitrogens with zero attached hydrogens (tertiary/aromatic N) is 7. The van der Waals surface area contributed by atoms with Crippen LogP contribution in [0.25, 0.3) is 17.1 Å². The van der Waals surface area contributed by atoms with Gasteiger partial charge < -0.3 is 9.42 Å². The smallest absolute Gasteiger partial charge is 0.237 e. The molecular formula is C25H27N7O2S. The van der Waals surface area contributed by atoms with Crippen LogP contribution < -0.4 is 0 Å². The van der Waals surface area contributed by atoms with Crippen LogP contribution in [0, 0.1) is 0 Å². The molecule has 5 rings (SSSR count). The quantitative estimate of drug-likeness (QED) is 0.334. The van der Waals surface area contributed by atoms with Gasteiger partial charge in [-0.2, -0.15) is 4.98 Å². The van der Waals surface area contributed by atoms with Gasteiger partial charge in [0, 0.05) is 24.7 Å². The standard InChI is InChI=1S/C25H27N7O2S/c1-2-18-9-11-19(12-10-18)24-27-22(34-30-24)17-35-25-29-28-21(32(25)20-7-6-13-26-15-20)16-31-14-5-3-4-8-23(31)33/h6-7,9-13,15H,2-5,8,14,16-17H2,1H3. The van der Waals surface area contributed by atoms with Crippen molar-refractivity contribution in [3.05, 3.63) is 66.1 Å². The molecule has 3 aromatic heterocycles. The third-order valence-corrected chi connectivity index (χ3v) is 6.94. The fourth-order valence-electron chi connectivity index (χ4n) is 4.06. The highest BCUT2D eigenvalue weighted by Crippen LogP contribution is 2.27. The molecule has 1 aliphatic rings. The highest BCUT2D eigenvalue weighted by Gasteiger charge is 2.22. The van der Waals surface area contributed by atoms with Gasteiger partial charge in [0.2, 0.25) is 17.6 Å². The fraction of sp³-hybridized carbons (Fsp3) is 0.360. The van der Waals surface area contributed by atoms with Gasteiger partial charge in [0.25, 0.3) is 0 Å². The van der Waals surface area contributed by atoms with E-state index in [2.05, 4.69) is 44.4 Å². The summed E-state index contributed by atoms with van der Waals surface area (Å²) in [5.41, 5.74) is 3.03. The minimum atomic E-state index is 0.169. The molecule has 4 heterocycles. The molecule has 0 bridgehead atoms. The molecule has 0 spiro atoms. The van der Waals surface area contributed by atoms with Crippen LogP contribution in [0.1, 0.15) is 49.9 Å². The second-order valence-corrected chi connectivity index (χ2v) is 9.36. The van der Waals surface area contributed by atoms with Crippen molar-refractivity contribution in [2.75, 3.05) is 6.54 Å². The number of pyridine rings is 1. The monoisotopic (exact) mass is 489 g/mol. The van der Waals surface area contributed by atoms with E-state index in [0.29, 0.717) is 41.4 Å². The van der Waals surface area contributed by atoms with Crippen molar-refractivity contribution >= 4 is 17.7 Å². The zero-order valence-corrected chi connectivity index (χ0v) is 20.4. The summed E-state index contributed by atoms with van der Waals surface area (Å²) >= 11 is 1.46. The predicted octanol–water partition coefficient (Wildman–Crippen LogP) is 4.47. The summed E-state index contributed by atoms with van der Waals surface area (Å²) in [4.78, 5) is 23.3. The molecule has 1 amide bonds. The summed E-state index contributed by atoms with van der Waals surface area (Å²) in [5.74, 6) is 2.40. The number of benzene rings is 1. The van der Waals surface area contributed by atoms with Gasteiger partial charge in [-0.15, -0.1) is 10.2 Å². The number of thioether (sulfide) groups is 1.